The number of likely N-dealkylation sites (N-methyl/N-ethyl adjacent to an activating group) is 1. The molecular weight excluding hydrogens is 560 g/mol. The molecule has 41 heavy (non-hydrogen) atoms. The minimum absolute atomic E-state index is 0.0242. The molecule has 0 radical (unpaired) electrons. The number of thioether (sulfide) groups is 1. The number of aliphatic carboxylic acids is 1. The van der Waals surface area contributed by atoms with Gasteiger partial charge in [-0.3, -0.25) is 24.0 Å². The van der Waals surface area contributed by atoms with Gasteiger partial charge in [0.25, 0.3) is 0 Å². The molecule has 4 unspecified atom stereocenters. The number of aliphatic hydroxyl groups is 1. The number of carboxylic acid groups (broad SMARTS) is 1. The third-order valence-corrected chi connectivity index (χ3v) is 8.10. The van der Waals surface area contributed by atoms with Gasteiger partial charge in [0, 0.05) is 12.3 Å². The number of nitrogens with one attached hydrogen (secondary N) is 5. The highest BCUT2D eigenvalue weighted by Gasteiger charge is 2.38. The minimum atomic E-state index is -1.51. The molecule has 2 rings (SSSR count). The second-order valence-electron chi connectivity index (χ2n) is 9.66. The standard InChI is InChI=1S/C25H36N6O9S/c1-13-21(36)31-17(8-19(26)35)22(37)30-16(7-14-3-5-15(34)6-4-14)20(24(39)40)41-12-25(11-33,27-2)10-28-18(9-32)23(38)29-13/h3-6,11,13,16-18,20,27-28,32,34H,7-10,12H2,1-2H3,(H2,26,35)(H,29,38)(H,30,37)(H,31,36)(H,39,40)/t13-,16?,17-,18?,20?,25?/m0/s1. The van der Waals surface area contributed by atoms with Crippen molar-refractivity contribution in [3.8, 4) is 5.75 Å². The first-order valence-electron chi connectivity index (χ1n) is 12.7. The number of hydrogen-bond acceptors (Lipinski definition) is 11. The Kier molecular flexibility index (Phi) is 12.5. The third kappa shape index (κ3) is 9.70. The topological polar surface area (TPSA) is 249 Å². The molecule has 226 valence electrons. The summed E-state index contributed by atoms with van der Waals surface area (Å²) >= 11 is 0.840. The van der Waals surface area contributed by atoms with Gasteiger partial charge in [-0.15, -0.1) is 11.8 Å². The van der Waals surface area contributed by atoms with Crippen LogP contribution in [0.3, 0.4) is 0 Å². The molecule has 10 N–H and O–H groups in total. The van der Waals surface area contributed by atoms with Crippen LogP contribution in [0, 0.1) is 0 Å². The van der Waals surface area contributed by atoms with Crippen molar-refractivity contribution in [2.75, 3.05) is 26.0 Å². The van der Waals surface area contributed by atoms with E-state index in [1.54, 1.807) is 12.1 Å². The number of aldehydes is 1. The average molecular weight is 597 g/mol. The van der Waals surface area contributed by atoms with Crippen molar-refractivity contribution < 1.29 is 44.1 Å². The van der Waals surface area contributed by atoms with Crippen LogP contribution in [0.15, 0.2) is 24.3 Å². The van der Waals surface area contributed by atoms with E-state index in [0.717, 1.165) is 11.8 Å². The van der Waals surface area contributed by atoms with Gasteiger partial charge in [-0.05, 0) is 38.1 Å². The maximum Gasteiger partial charge on any atom is 0.318 e. The molecule has 1 aromatic carbocycles. The highest BCUT2D eigenvalue weighted by atomic mass is 32.2. The molecule has 0 aromatic heterocycles. The molecule has 1 aliphatic rings. The quantitative estimate of drug-likeness (QED) is 0.133. The summed E-state index contributed by atoms with van der Waals surface area (Å²) < 4.78 is 0. The van der Waals surface area contributed by atoms with Crippen LogP contribution in [-0.2, 0) is 35.2 Å². The van der Waals surface area contributed by atoms with E-state index in [0.29, 0.717) is 11.8 Å². The monoisotopic (exact) mass is 596 g/mol. The molecule has 0 saturated carbocycles. The van der Waals surface area contributed by atoms with Crippen molar-refractivity contribution in [1.29, 1.82) is 0 Å². The van der Waals surface area contributed by atoms with E-state index in [9.17, 15) is 44.1 Å². The van der Waals surface area contributed by atoms with Crippen LogP contribution in [-0.4, -0.2) is 112 Å². The summed E-state index contributed by atoms with van der Waals surface area (Å²) in [5, 5.41) is 41.2. The molecule has 16 heteroatoms. The molecule has 0 aliphatic carbocycles. The van der Waals surface area contributed by atoms with Crippen molar-refractivity contribution in [1.82, 2.24) is 26.6 Å². The zero-order chi connectivity index (χ0) is 30.7. The number of nitrogens with two attached hydrogens (primary N) is 1. The minimum Gasteiger partial charge on any atom is -0.508 e. The van der Waals surface area contributed by atoms with E-state index in [2.05, 4.69) is 26.6 Å². The molecule has 4 amide bonds. The zero-order valence-corrected chi connectivity index (χ0v) is 23.4. The van der Waals surface area contributed by atoms with Crippen molar-refractivity contribution >= 4 is 47.6 Å². The van der Waals surface area contributed by atoms with Crippen LogP contribution in [0.1, 0.15) is 18.9 Å². The largest absolute Gasteiger partial charge is 0.508 e. The number of hydrogen-bond donors (Lipinski definition) is 9. The Hall–Kier alpha value is -3.73. The van der Waals surface area contributed by atoms with E-state index in [1.165, 1.54) is 26.1 Å². The third-order valence-electron chi connectivity index (χ3n) is 6.53. The highest BCUT2D eigenvalue weighted by molar-refractivity contribution is 8.00. The Morgan fingerprint density at radius 2 is 1.73 bits per heavy atom. The molecule has 0 bridgehead atoms. The van der Waals surface area contributed by atoms with E-state index >= 15 is 0 Å². The second-order valence-corrected chi connectivity index (χ2v) is 10.8. The van der Waals surface area contributed by atoms with E-state index in [1.807, 2.05) is 0 Å². The Morgan fingerprint density at radius 1 is 1.10 bits per heavy atom. The molecule has 1 fully saturated rings. The summed E-state index contributed by atoms with van der Waals surface area (Å²) in [5.74, 6) is -4.92. The molecule has 0 spiro atoms. The molecule has 6 atom stereocenters. The molecule has 1 aromatic rings. The number of aliphatic hydroxyl groups excluding tert-OH is 1. The van der Waals surface area contributed by atoms with Gasteiger partial charge in [-0.25, -0.2) is 0 Å². The van der Waals surface area contributed by atoms with Gasteiger partial charge in [0.05, 0.1) is 24.6 Å². The number of carboxylic acids is 1. The second kappa shape index (κ2) is 15.3. The fourth-order valence-electron chi connectivity index (χ4n) is 3.98. The van der Waals surface area contributed by atoms with Crippen LogP contribution < -0.4 is 32.3 Å². The van der Waals surface area contributed by atoms with Crippen molar-refractivity contribution in [3.63, 3.8) is 0 Å². The fourth-order valence-corrected chi connectivity index (χ4v) is 5.31. The van der Waals surface area contributed by atoms with E-state index in [4.69, 9.17) is 5.73 Å². The fraction of sp³-hybridized carbons (Fsp3) is 0.520. The highest BCUT2D eigenvalue weighted by Crippen LogP contribution is 2.24. The Balaban J connectivity index is 2.56. The Morgan fingerprint density at radius 3 is 2.27 bits per heavy atom. The number of primary amides is 1. The van der Waals surface area contributed by atoms with E-state index < -0.39 is 77.6 Å². The summed E-state index contributed by atoms with van der Waals surface area (Å²) in [6.07, 6.45) is -0.101. The van der Waals surface area contributed by atoms with Crippen molar-refractivity contribution in [2.45, 2.75) is 54.7 Å². The van der Waals surface area contributed by atoms with Crippen molar-refractivity contribution in [3.05, 3.63) is 29.8 Å². The first kappa shape index (κ1) is 33.5. The maximum absolute atomic E-state index is 13.3. The van der Waals surface area contributed by atoms with Gasteiger partial charge < -0.3 is 52.4 Å². The molecule has 1 saturated heterocycles. The Bertz CT molecular complexity index is 1120. The number of phenols is 1. The van der Waals surface area contributed by atoms with E-state index in [-0.39, 0.29) is 24.5 Å². The lowest BCUT2D eigenvalue weighted by Gasteiger charge is -2.33. The van der Waals surface area contributed by atoms with Gasteiger partial charge in [0.2, 0.25) is 23.6 Å². The normalized spacial score (nSPS) is 28.6. The molecule has 1 heterocycles. The Labute approximate surface area is 240 Å². The number of amides is 4. The average Bonchev–Trinajstić information content (AvgIpc) is 2.92. The summed E-state index contributed by atoms with van der Waals surface area (Å²) in [7, 11) is 1.47. The number of benzene rings is 1. The lowest BCUT2D eigenvalue weighted by Crippen LogP contribution is -2.62. The van der Waals surface area contributed by atoms with Crippen molar-refractivity contribution in [2.24, 2.45) is 5.73 Å². The summed E-state index contributed by atoms with van der Waals surface area (Å²) in [4.78, 5) is 75.3. The molecule has 1 aliphatic heterocycles. The maximum atomic E-state index is 13.3. The number of aromatic hydroxyl groups is 1. The van der Waals surface area contributed by atoms with Gasteiger partial charge in [-0.1, -0.05) is 12.1 Å². The predicted molar refractivity (Wildman–Crippen MR) is 148 cm³/mol. The summed E-state index contributed by atoms with van der Waals surface area (Å²) in [6.45, 7) is 0.435. The number of carbonyl (C=O) groups excluding carboxylic acids is 5. The molecule has 15 nitrogen and oxygen atoms in total. The zero-order valence-electron chi connectivity index (χ0n) is 22.6. The first-order valence-corrected chi connectivity index (χ1v) is 13.7. The lowest BCUT2D eigenvalue weighted by molar-refractivity contribution is -0.138. The molecular formula is C25H36N6O9S. The van der Waals surface area contributed by atoms with Crippen LogP contribution >= 0.6 is 11.8 Å². The van der Waals surface area contributed by atoms with Crippen LogP contribution in [0.2, 0.25) is 0 Å². The SMILES string of the molecule is CNC1(C=O)CNC(CO)C(=O)N[C@@H](C)C(=O)N[C@@H](CC(N)=O)C(=O)NC(Cc2ccc(O)cc2)C(C(=O)O)SC1. The number of rotatable bonds is 8. The first-order chi connectivity index (χ1) is 19.3. The lowest BCUT2D eigenvalue weighted by atomic mass is 10.0. The number of carbonyl (C=O) groups is 6. The summed E-state index contributed by atoms with van der Waals surface area (Å²) in [5.41, 5.74) is 4.46. The summed E-state index contributed by atoms with van der Waals surface area (Å²) in [6, 6.07) is 0.784. The van der Waals surface area contributed by atoms with Gasteiger partial charge in [0.1, 0.15) is 35.4 Å². The van der Waals surface area contributed by atoms with Gasteiger partial charge in [-0.2, -0.15) is 0 Å². The predicted octanol–water partition coefficient (Wildman–Crippen LogP) is -3.41. The van der Waals surface area contributed by atoms with Crippen LogP contribution in [0.4, 0.5) is 0 Å². The van der Waals surface area contributed by atoms with Crippen LogP contribution in [0.25, 0.3) is 0 Å². The van der Waals surface area contributed by atoms with Gasteiger partial charge in [0.15, 0.2) is 0 Å². The number of phenolic OH excluding ortho intramolecular Hbond substituents is 1. The smallest absolute Gasteiger partial charge is 0.318 e. The van der Waals surface area contributed by atoms with Gasteiger partial charge >= 0.3 is 5.97 Å². The van der Waals surface area contributed by atoms with Crippen LogP contribution in [0.5, 0.6) is 5.75 Å².